The molecule has 0 unspecified atom stereocenters. The van der Waals surface area contributed by atoms with E-state index in [2.05, 4.69) is 30.9 Å². The molecule has 0 aliphatic heterocycles. The van der Waals surface area contributed by atoms with Crippen LogP contribution in [0.5, 0.6) is 0 Å². The van der Waals surface area contributed by atoms with Crippen LogP contribution in [-0.4, -0.2) is 42.6 Å². The Morgan fingerprint density at radius 1 is 1.03 bits per heavy atom. The van der Waals surface area contributed by atoms with Crippen LogP contribution in [0.4, 0.5) is 19.0 Å². The van der Waals surface area contributed by atoms with Crippen LogP contribution in [0.25, 0.3) is 0 Å². The number of anilines is 1. The predicted octanol–water partition coefficient (Wildman–Crippen LogP) is 3.98. The van der Waals surface area contributed by atoms with E-state index in [1.165, 1.54) is 6.07 Å². The third-order valence-corrected chi connectivity index (χ3v) is 3.98. The highest BCUT2D eigenvalue weighted by molar-refractivity contribution is 14.0. The van der Waals surface area contributed by atoms with E-state index in [0.717, 1.165) is 30.7 Å². The van der Waals surface area contributed by atoms with Gasteiger partial charge in [0.15, 0.2) is 5.96 Å². The highest BCUT2D eigenvalue weighted by atomic mass is 127. The van der Waals surface area contributed by atoms with Crippen molar-refractivity contribution in [2.24, 2.45) is 4.99 Å². The van der Waals surface area contributed by atoms with Crippen molar-refractivity contribution in [3.8, 4) is 0 Å². The van der Waals surface area contributed by atoms with Crippen molar-refractivity contribution in [1.29, 1.82) is 0 Å². The lowest BCUT2D eigenvalue weighted by atomic mass is 10.2. The van der Waals surface area contributed by atoms with E-state index in [9.17, 15) is 13.2 Å². The van der Waals surface area contributed by atoms with Gasteiger partial charge in [-0.3, -0.25) is 4.99 Å². The lowest BCUT2D eigenvalue weighted by Gasteiger charge is -2.12. The molecule has 2 heterocycles. The number of nitrogens with one attached hydrogen (secondary N) is 3. The van der Waals surface area contributed by atoms with Gasteiger partial charge in [-0.1, -0.05) is 17.7 Å². The third kappa shape index (κ3) is 9.48. The molecule has 0 amide bonds. The van der Waals surface area contributed by atoms with Crippen molar-refractivity contribution in [1.82, 2.24) is 20.6 Å². The topological polar surface area (TPSA) is 74.2 Å². The molecule has 0 aromatic carbocycles. The maximum absolute atomic E-state index is 12.5. The first-order valence-electron chi connectivity index (χ1n) is 8.70. The molecule has 6 nitrogen and oxygen atoms in total. The standard InChI is InChI=1S/C18H22ClF3N6.HI/c1-23-17(26-10-7-13-3-5-15(19)27-11-13)25-9-2-8-24-16-6-4-14(12-28-16)18(20,21)22;/h3-6,11-12H,2,7-10H2,1H3,(H,24,28)(H2,23,25,26);1H. The molecule has 0 saturated heterocycles. The Morgan fingerprint density at radius 2 is 1.79 bits per heavy atom. The molecule has 0 atom stereocenters. The van der Waals surface area contributed by atoms with Gasteiger partial charge < -0.3 is 16.0 Å². The number of rotatable bonds is 8. The molecule has 2 aromatic rings. The van der Waals surface area contributed by atoms with Crippen LogP contribution in [0.2, 0.25) is 5.15 Å². The Morgan fingerprint density at radius 3 is 2.38 bits per heavy atom. The van der Waals surface area contributed by atoms with Crippen molar-refractivity contribution in [2.45, 2.75) is 19.0 Å². The monoisotopic (exact) mass is 542 g/mol. The molecule has 3 N–H and O–H groups in total. The Labute approximate surface area is 189 Å². The second-order valence-electron chi connectivity index (χ2n) is 5.88. The van der Waals surface area contributed by atoms with E-state index in [0.29, 0.717) is 36.6 Å². The first-order valence-corrected chi connectivity index (χ1v) is 9.08. The molecule has 0 saturated carbocycles. The van der Waals surface area contributed by atoms with Gasteiger partial charge in [-0.15, -0.1) is 24.0 Å². The summed E-state index contributed by atoms with van der Waals surface area (Å²) in [5.74, 6) is 1.08. The van der Waals surface area contributed by atoms with Crippen LogP contribution in [0.15, 0.2) is 41.7 Å². The minimum Gasteiger partial charge on any atom is -0.370 e. The van der Waals surface area contributed by atoms with Gasteiger partial charge in [0.05, 0.1) is 5.56 Å². The van der Waals surface area contributed by atoms with Crippen LogP contribution < -0.4 is 16.0 Å². The number of guanidine groups is 1. The average molecular weight is 543 g/mol. The molecule has 29 heavy (non-hydrogen) atoms. The molecule has 0 fully saturated rings. The highest BCUT2D eigenvalue weighted by Crippen LogP contribution is 2.28. The molecule has 0 radical (unpaired) electrons. The van der Waals surface area contributed by atoms with E-state index in [-0.39, 0.29) is 24.0 Å². The van der Waals surface area contributed by atoms with Gasteiger partial charge in [0.1, 0.15) is 11.0 Å². The first-order chi connectivity index (χ1) is 13.4. The summed E-state index contributed by atoms with van der Waals surface area (Å²) in [6, 6.07) is 6.01. The molecule has 160 valence electrons. The minimum atomic E-state index is -4.37. The van der Waals surface area contributed by atoms with Gasteiger partial charge in [0.2, 0.25) is 0 Å². The fourth-order valence-corrected chi connectivity index (χ4v) is 2.39. The number of alkyl halides is 3. The Hall–Kier alpha value is -1.82. The number of pyridine rings is 2. The molecular weight excluding hydrogens is 520 g/mol. The largest absolute Gasteiger partial charge is 0.417 e. The normalized spacial score (nSPS) is 11.6. The summed E-state index contributed by atoms with van der Waals surface area (Å²) in [5.41, 5.74) is 0.310. The zero-order valence-corrected chi connectivity index (χ0v) is 18.8. The summed E-state index contributed by atoms with van der Waals surface area (Å²) in [6.45, 7) is 1.91. The maximum atomic E-state index is 12.5. The van der Waals surface area contributed by atoms with Gasteiger partial charge >= 0.3 is 6.18 Å². The molecule has 2 rings (SSSR count). The predicted molar refractivity (Wildman–Crippen MR) is 120 cm³/mol. The summed E-state index contributed by atoms with van der Waals surface area (Å²) in [4.78, 5) is 11.9. The first kappa shape index (κ1) is 25.2. The number of halogens is 5. The van der Waals surface area contributed by atoms with Crippen LogP contribution in [0.1, 0.15) is 17.5 Å². The number of hydrogen-bond donors (Lipinski definition) is 3. The molecule has 0 spiro atoms. The number of nitrogens with zero attached hydrogens (tertiary/aromatic N) is 3. The SMILES string of the molecule is CN=C(NCCCNc1ccc(C(F)(F)F)cn1)NCCc1ccc(Cl)nc1.I. The van der Waals surface area contributed by atoms with E-state index in [4.69, 9.17) is 11.6 Å². The second-order valence-corrected chi connectivity index (χ2v) is 6.26. The quantitative estimate of drug-likeness (QED) is 0.155. The lowest BCUT2D eigenvalue weighted by Crippen LogP contribution is -2.39. The van der Waals surface area contributed by atoms with Crippen LogP contribution in [0.3, 0.4) is 0 Å². The van der Waals surface area contributed by atoms with E-state index >= 15 is 0 Å². The smallest absolute Gasteiger partial charge is 0.370 e. The highest BCUT2D eigenvalue weighted by Gasteiger charge is 2.30. The second kappa shape index (κ2) is 12.7. The zero-order chi connectivity index (χ0) is 20.4. The Kier molecular flexibility index (Phi) is 11.0. The van der Waals surface area contributed by atoms with E-state index in [1.807, 2.05) is 6.07 Å². The van der Waals surface area contributed by atoms with Crippen molar-refractivity contribution >= 4 is 47.4 Å². The van der Waals surface area contributed by atoms with Crippen molar-refractivity contribution in [3.05, 3.63) is 52.9 Å². The lowest BCUT2D eigenvalue weighted by molar-refractivity contribution is -0.137. The van der Waals surface area contributed by atoms with Gasteiger partial charge in [0.25, 0.3) is 0 Å². The van der Waals surface area contributed by atoms with Crippen molar-refractivity contribution < 1.29 is 13.2 Å². The van der Waals surface area contributed by atoms with Gasteiger partial charge in [-0.2, -0.15) is 13.2 Å². The summed E-state index contributed by atoms with van der Waals surface area (Å²) in [7, 11) is 1.68. The minimum absolute atomic E-state index is 0. The number of hydrogen-bond acceptors (Lipinski definition) is 4. The van der Waals surface area contributed by atoms with E-state index < -0.39 is 11.7 Å². The van der Waals surface area contributed by atoms with Gasteiger partial charge in [-0.05, 0) is 36.6 Å². The van der Waals surface area contributed by atoms with Crippen molar-refractivity contribution in [3.63, 3.8) is 0 Å². The summed E-state index contributed by atoms with van der Waals surface area (Å²) in [5, 5.41) is 9.83. The zero-order valence-electron chi connectivity index (χ0n) is 15.8. The summed E-state index contributed by atoms with van der Waals surface area (Å²) < 4.78 is 37.5. The molecular formula is C18H23ClF3IN6. The van der Waals surface area contributed by atoms with Crippen molar-refractivity contribution in [2.75, 3.05) is 32.0 Å². The molecule has 11 heteroatoms. The van der Waals surface area contributed by atoms with Gasteiger partial charge in [-0.25, -0.2) is 9.97 Å². The average Bonchev–Trinajstić information content (AvgIpc) is 2.67. The number of aliphatic imine (C=N–C) groups is 1. The van der Waals surface area contributed by atoms with Crippen LogP contribution in [0, 0.1) is 0 Å². The van der Waals surface area contributed by atoms with Gasteiger partial charge in [0, 0.05) is 39.1 Å². The summed E-state index contributed by atoms with van der Waals surface area (Å²) in [6.07, 6.45) is -0.289. The molecule has 0 bridgehead atoms. The fourth-order valence-electron chi connectivity index (χ4n) is 2.28. The molecule has 2 aromatic heterocycles. The summed E-state index contributed by atoms with van der Waals surface area (Å²) >= 11 is 5.76. The number of aromatic nitrogens is 2. The molecule has 0 aliphatic rings. The van der Waals surface area contributed by atoms with Crippen LogP contribution in [-0.2, 0) is 12.6 Å². The van der Waals surface area contributed by atoms with E-state index in [1.54, 1.807) is 19.3 Å². The van der Waals surface area contributed by atoms with Crippen LogP contribution >= 0.6 is 35.6 Å². The Balaban J connectivity index is 0.00000420. The Bertz CT molecular complexity index is 754. The molecule has 0 aliphatic carbocycles. The third-order valence-electron chi connectivity index (χ3n) is 3.76. The maximum Gasteiger partial charge on any atom is 0.417 e. The fraction of sp³-hybridized carbons (Fsp3) is 0.389.